The molecular weight excluding hydrogens is 412 g/mol. The summed E-state index contributed by atoms with van der Waals surface area (Å²) in [5, 5.41) is 1.68. The van der Waals surface area contributed by atoms with Crippen molar-refractivity contribution in [2.75, 3.05) is 20.6 Å². The molecule has 1 aliphatic rings. The van der Waals surface area contributed by atoms with Crippen molar-refractivity contribution in [3.63, 3.8) is 0 Å². The Bertz CT molecular complexity index is 861. The van der Waals surface area contributed by atoms with Crippen LogP contribution >= 0.6 is 0 Å². The molecule has 174 valence electrons. The Morgan fingerprint density at radius 3 is 1.88 bits per heavy atom. The van der Waals surface area contributed by atoms with Gasteiger partial charge in [-0.25, -0.2) is 0 Å². The molecule has 4 nitrogen and oxygen atoms in total. The lowest BCUT2D eigenvalue weighted by Gasteiger charge is -2.48. The van der Waals surface area contributed by atoms with Crippen molar-refractivity contribution >= 4 is 24.6 Å². The van der Waals surface area contributed by atoms with E-state index in [1.165, 1.54) is 0 Å². The number of hydrogen-bond donors (Lipinski definition) is 1. The second kappa shape index (κ2) is 9.50. The molecule has 3 rings (SSSR count). The average Bonchev–Trinajstić information content (AvgIpc) is 2.76. The van der Waals surface area contributed by atoms with Crippen molar-refractivity contribution in [1.82, 2.24) is 9.80 Å². The maximum Gasteiger partial charge on any atom is 0.258 e. The molecule has 1 fully saturated rings. The molecule has 1 aliphatic heterocycles. The van der Waals surface area contributed by atoms with Gasteiger partial charge in [0.15, 0.2) is 0 Å². The molecule has 1 N–H and O–H groups in total. The van der Waals surface area contributed by atoms with Gasteiger partial charge in [0.05, 0.1) is 12.1 Å². The molecule has 3 atom stereocenters. The van der Waals surface area contributed by atoms with Crippen LogP contribution in [0.2, 0.25) is 5.04 Å². The molecule has 1 saturated heterocycles. The van der Waals surface area contributed by atoms with Crippen molar-refractivity contribution in [2.24, 2.45) is 17.8 Å². The van der Waals surface area contributed by atoms with Gasteiger partial charge in [-0.1, -0.05) is 95.3 Å². The predicted molar refractivity (Wildman–Crippen MR) is 135 cm³/mol. The zero-order chi connectivity index (χ0) is 23.7. The fourth-order valence-corrected chi connectivity index (χ4v) is 9.83. The van der Waals surface area contributed by atoms with E-state index in [0.29, 0.717) is 5.92 Å². The molecular formula is C27H40N2O2Si. The van der Waals surface area contributed by atoms with Gasteiger partial charge in [-0.05, 0) is 40.7 Å². The molecule has 2 aromatic rings. The Morgan fingerprint density at radius 2 is 1.44 bits per heavy atom. The lowest BCUT2D eigenvalue weighted by atomic mass is 9.83. The zero-order valence-electron chi connectivity index (χ0n) is 20.7. The van der Waals surface area contributed by atoms with Crippen LogP contribution in [0.1, 0.15) is 41.0 Å². The summed E-state index contributed by atoms with van der Waals surface area (Å²) in [6.45, 7) is 11.7. The third kappa shape index (κ3) is 4.43. The molecule has 0 aliphatic carbocycles. The van der Waals surface area contributed by atoms with Crippen LogP contribution in [0.3, 0.4) is 0 Å². The van der Waals surface area contributed by atoms with E-state index in [4.69, 9.17) is 0 Å². The normalized spacial score (nSPS) is 21.8. The van der Waals surface area contributed by atoms with Crippen molar-refractivity contribution in [3.05, 3.63) is 60.7 Å². The van der Waals surface area contributed by atoms with Crippen molar-refractivity contribution < 1.29 is 9.59 Å². The predicted octanol–water partition coefficient (Wildman–Crippen LogP) is 3.55. The van der Waals surface area contributed by atoms with E-state index < -0.39 is 8.32 Å². The third-order valence-electron chi connectivity index (χ3n) is 7.48. The standard InChI is InChI=1S/C27H40N2O2Si/c1-20(2)25-28(6)19-24(26(30)29(25)7)21(3)18-27(4,5)32(31,22-14-10-8-11-15-22)23-16-12-9-13-17-23/h8-17,20-21,24-25,31H,18-19H2,1-7H3/t21?,24?,25-/m1/s1. The fourth-order valence-electron chi connectivity index (χ4n) is 5.97. The number of amides is 1. The summed E-state index contributed by atoms with van der Waals surface area (Å²) >= 11 is 0. The zero-order valence-corrected chi connectivity index (χ0v) is 21.7. The monoisotopic (exact) mass is 452 g/mol. The van der Waals surface area contributed by atoms with Crippen LogP contribution in [-0.4, -0.2) is 55.6 Å². The highest BCUT2D eigenvalue weighted by atomic mass is 28.4. The number of rotatable bonds is 7. The Hall–Kier alpha value is -1.95. The van der Waals surface area contributed by atoms with Gasteiger partial charge in [0, 0.05) is 13.6 Å². The summed E-state index contributed by atoms with van der Waals surface area (Å²) < 4.78 is 0. The van der Waals surface area contributed by atoms with Gasteiger partial charge in [-0.2, -0.15) is 0 Å². The Morgan fingerprint density at radius 1 is 0.969 bits per heavy atom. The average molecular weight is 453 g/mol. The largest absolute Gasteiger partial charge is 0.424 e. The minimum Gasteiger partial charge on any atom is -0.424 e. The molecule has 32 heavy (non-hydrogen) atoms. The Kier molecular flexibility index (Phi) is 7.33. The Labute approximate surface area is 195 Å². The summed E-state index contributed by atoms with van der Waals surface area (Å²) in [5.41, 5.74) is 0. The molecule has 0 radical (unpaired) electrons. The molecule has 1 heterocycles. The topological polar surface area (TPSA) is 43.8 Å². The lowest BCUT2D eigenvalue weighted by Crippen LogP contribution is -2.66. The van der Waals surface area contributed by atoms with Crippen LogP contribution in [0.25, 0.3) is 0 Å². The first-order valence-electron chi connectivity index (χ1n) is 11.8. The van der Waals surface area contributed by atoms with E-state index in [9.17, 15) is 9.59 Å². The quantitative estimate of drug-likeness (QED) is 0.654. The van der Waals surface area contributed by atoms with Crippen molar-refractivity contribution in [1.29, 1.82) is 0 Å². The molecule has 2 aromatic carbocycles. The highest BCUT2D eigenvalue weighted by molar-refractivity contribution is 6.98. The van der Waals surface area contributed by atoms with Gasteiger partial charge in [-0.15, -0.1) is 0 Å². The third-order valence-corrected chi connectivity index (χ3v) is 12.0. The van der Waals surface area contributed by atoms with Crippen LogP contribution in [0, 0.1) is 17.8 Å². The molecule has 1 amide bonds. The van der Waals surface area contributed by atoms with Crippen LogP contribution < -0.4 is 10.4 Å². The van der Waals surface area contributed by atoms with E-state index >= 15 is 0 Å². The lowest BCUT2D eigenvalue weighted by molar-refractivity contribution is -0.153. The maximum atomic E-state index is 13.4. The second-order valence-corrected chi connectivity index (χ2v) is 14.6. The van der Waals surface area contributed by atoms with Crippen LogP contribution in [0.4, 0.5) is 0 Å². The first-order chi connectivity index (χ1) is 15.0. The van der Waals surface area contributed by atoms with E-state index in [2.05, 4.69) is 70.8 Å². The second-order valence-electron chi connectivity index (χ2n) is 10.7. The first kappa shape index (κ1) is 24.7. The number of carbonyl (C=O) groups is 1. The highest BCUT2D eigenvalue weighted by Gasteiger charge is 2.52. The van der Waals surface area contributed by atoms with E-state index in [1.807, 2.05) is 48.3 Å². The molecule has 2 unspecified atom stereocenters. The van der Waals surface area contributed by atoms with Gasteiger partial charge in [-0.3, -0.25) is 9.69 Å². The SMILES string of the molecule is CC(CC(C)(C)[Si](O)(c1ccccc1)c1ccccc1)C1CN(C)[C@@H](C(C)C)N(C)C1=O. The first-order valence-corrected chi connectivity index (χ1v) is 13.8. The summed E-state index contributed by atoms with van der Waals surface area (Å²) in [5.74, 6) is 0.705. The summed E-state index contributed by atoms with van der Waals surface area (Å²) in [7, 11) is 0.978. The summed E-state index contributed by atoms with van der Waals surface area (Å²) in [6, 6.07) is 20.3. The smallest absolute Gasteiger partial charge is 0.258 e. The van der Waals surface area contributed by atoms with Gasteiger partial charge in [0.2, 0.25) is 5.91 Å². The maximum absolute atomic E-state index is 13.4. The molecule has 0 spiro atoms. The minimum atomic E-state index is -3.08. The number of benzene rings is 2. The van der Waals surface area contributed by atoms with Crippen molar-refractivity contribution in [2.45, 2.75) is 52.2 Å². The van der Waals surface area contributed by atoms with Crippen LogP contribution in [0.5, 0.6) is 0 Å². The van der Waals surface area contributed by atoms with Gasteiger partial charge in [0.25, 0.3) is 8.32 Å². The van der Waals surface area contributed by atoms with E-state index in [0.717, 1.165) is 23.3 Å². The molecule has 0 aromatic heterocycles. The van der Waals surface area contributed by atoms with Gasteiger partial charge < -0.3 is 9.70 Å². The summed E-state index contributed by atoms with van der Waals surface area (Å²) in [6.07, 6.45) is 0.920. The number of carbonyl (C=O) groups excluding carboxylic acids is 1. The summed E-state index contributed by atoms with van der Waals surface area (Å²) in [4.78, 5) is 30.0. The fraction of sp³-hybridized carbons (Fsp3) is 0.519. The highest BCUT2D eigenvalue weighted by Crippen LogP contribution is 2.44. The van der Waals surface area contributed by atoms with Crippen molar-refractivity contribution in [3.8, 4) is 0 Å². The van der Waals surface area contributed by atoms with Gasteiger partial charge >= 0.3 is 0 Å². The number of nitrogens with zero attached hydrogens (tertiary/aromatic N) is 2. The number of hydrogen-bond acceptors (Lipinski definition) is 3. The molecule has 0 bridgehead atoms. The molecule has 5 heteroatoms. The van der Waals surface area contributed by atoms with Gasteiger partial charge in [0.1, 0.15) is 0 Å². The molecule has 0 saturated carbocycles. The van der Waals surface area contributed by atoms with E-state index in [-0.39, 0.29) is 28.9 Å². The van der Waals surface area contributed by atoms with Crippen LogP contribution in [-0.2, 0) is 4.79 Å². The van der Waals surface area contributed by atoms with E-state index in [1.54, 1.807) is 0 Å². The Balaban J connectivity index is 1.93. The van der Waals surface area contributed by atoms with Crippen LogP contribution in [0.15, 0.2) is 60.7 Å². The minimum absolute atomic E-state index is 0.0657.